The molecule has 1 aromatic heterocycles. The van der Waals surface area contributed by atoms with Crippen molar-refractivity contribution in [3.63, 3.8) is 0 Å². The van der Waals surface area contributed by atoms with Crippen LogP contribution in [-0.2, 0) is 4.79 Å². The summed E-state index contributed by atoms with van der Waals surface area (Å²) in [5.74, 6) is 0.873. The number of nitrogens with one attached hydrogen (secondary N) is 1. The van der Waals surface area contributed by atoms with Gasteiger partial charge in [-0.1, -0.05) is 11.6 Å². The standard InChI is InChI=1S/C18H22BrN3O2/c1-20-18(23)8-5-12-3-6-14(7-4-12)22-11-13-9-15(19)17(24-2)10-16(13)21-22/h5,9-11,14H,3-4,6-8H2,1-2H3,(H,20,23). The molecule has 24 heavy (non-hydrogen) atoms. The smallest absolute Gasteiger partial charge is 0.223 e. The molecule has 1 aliphatic rings. The van der Waals surface area contributed by atoms with Crippen molar-refractivity contribution in [2.45, 2.75) is 38.1 Å². The van der Waals surface area contributed by atoms with E-state index in [0.29, 0.717) is 12.5 Å². The summed E-state index contributed by atoms with van der Waals surface area (Å²) in [6.07, 6.45) is 8.86. The van der Waals surface area contributed by atoms with Crippen molar-refractivity contribution in [1.29, 1.82) is 0 Å². The molecular formula is C18H22BrN3O2. The molecule has 6 heteroatoms. The highest BCUT2D eigenvalue weighted by Crippen LogP contribution is 2.34. The Morgan fingerprint density at radius 2 is 2.21 bits per heavy atom. The monoisotopic (exact) mass is 391 g/mol. The van der Waals surface area contributed by atoms with Gasteiger partial charge in [0.1, 0.15) is 5.75 Å². The van der Waals surface area contributed by atoms with Gasteiger partial charge in [-0.05, 0) is 47.7 Å². The largest absolute Gasteiger partial charge is 0.495 e. The van der Waals surface area contributed by atoms with Gasteiger partial charge < -0.3 is 10.1 Å². The molecular weight excluding hydrogens is 370 g/mol. The van der Waals surface area contributed by atoms with Crippen LogP contribution in [0, 0.1) is 0 Å². The van der Waals surface area contributed by atoms with Gasteiger partial charge in [-0.3, -0.25) is 9.48 Å². The van der Waals surface area contributed by atoms with Gasteiger partial charge >= 0.3 is 0 Å². The lowest BCUT2D eigenvalue weighted by Crippen LogP contribution is -2.17. The molecule has 0 unspecified atom stereocenters. The molecule has 0 bridgehead atoms. The molecule has 1 fully saturated rings. The minimum absolute atomic E-state index is 0.0717. The Hall–Kier alpha value is -1.82. The topological polar surface area (TPSA) is 56.2 Å². The molecule has 1 amide bonds. The highest BCUT2D eigenvalue weighted by Gasteiger charge is 2.19. The highest BCUT2D eigenvalue weighted by atomic mass is 79.9. The van der Waals surface area contributed by atoms with Crippen LogP contribution in [0.25, 0.3) is 10.9 Å². The lowest BCUT2D eigenvalue weighted by Gasteiger charge is -2.24. The number of methoxy groups -OCH3 is 1. The summed E-state index contributed by atoms with van der Waals surface area (Å²) in [5, 5.41) is 8.50. The van der Waals surface area contributed by atoms with Crippen LogP contribution in [0.15, 0.2) is 34.5 Å². The summed E-state index contributed by atoms with van der Waals surface area (Å²) in [5.41, 5.74) is 2.34. The van der Waals surface area contributed by atoms with Gasteiger partial charge in [0.15, 0.2) is 0 Å². The summed E-state index contributed by atoms with van der Waals surface area (Å²) in [4.78, 5) is 11.3. The van der Waals surface area contributed by atoms with Crippen molar-refractivity contribution >= 4 is 32.7 Å². The SMILES string of the molecule is CNC(=O)CC=C1CCC(n2cc3cc(Br)c(OC)cc3n2)CC1. The Balaban J connectivity index is 1.70. The van der Waals surface area contributed by atoms with E-state index in [-0.39, 0.29) is 5.91 Å². The van der Waals surface area contributed by atoms with Crippen LogP contribution >= 0.6 is 15.9 Å². The average Bonchev–Trinajstić information content (AvgIpc) is 3.01. The third kappa shape index (κ3) is 3.64. The van der Waals surface area contributed by atoms with Gasteiger partial charge in [-0.25, -0.2) is 0 Å². The lowest BCUT2D eigenvalue weighted by molar-refractivity contribution is -0.119. The Morgan fingerprint density at radius 3 is 2.88 bits per heavy atom. The first kappa shape index (κ1) is 17.0. The Kier molecular flexibility index (Phi) is 5.23. The molecule has 1 saturated carbocycles. The zero-order valence-electron chi connectivity index (χ0n) is 14.0. The Morgan fingerprint density at radius 1 is 1.46 bits per heavy atom. The van der Waals surface area contributed by atoms with Gasteiger partial charge in [0.05, 0.1) is 23.1 Å². The second-order valence-corrected chi connectivity index (χ2v) is 6.98. The summed E-state index contributed by atoms with van der Waals surface area (Å²) >= 11 is 3.52. The van der Waals surface area contributed by atoms with Gasteiger partial charge in [0.2, 0.25) is 5.91 Å². The van der Waals surface area contributed by atoms with Crippen molar-refractivity contribution in [2.75, 3.05) is 14.2 Å². The van der Waals surface area contributed by atoms with Crippen LogP contribution in [0.5, 0.6) is 5.75 Å². The molecule has 0 aliphatic heterocycles. The average molecular weight is 392 g/mol. The van der Waals surface area contributed by atoms with E-state index < -0.39 is 0 Å². The maximum Gasteiger partial charge on any atom is 0.223 e. The van der Waals surface area contributed by atoms with Crippen molar-refractivity contribution < 1.29 is 9.53 Å². The van der Waals surface area contributed by atoms with Crippen LogP contribution in [-0.4, -0.2) is 29.8 Å². The number of benzene rings is 1. The zero-order valence-corrected chi connectivity index (χ0v) is 15.6. The third-order valence-electron chi connectivity index (χ3n) is 4.62. The zero-order chi connectivity index (χ0) is 17.1. The summed E-state index contributed by atoms with van der Waals surface area (Å²) in [6.45, 7) is 0. The number of allylic oxidation sites excluding steroid dienone is 1. The Bertz CT molecular complexity index is 772. The summed E-state index contributed by atoms with van der Waals surface area (Å²) in [7, 11) is 3.34. The minimum atomic E-state index is 0.0717. The Labute approximate surface area is 150 Å². The van der Waals surface area contributed by atoms with E-state index in [9.17, 15) is 4.79 Å². The molecule has 0 atom stereocenters. The minimum Gasteiger partial charge on any atom is -0.495 e. The number of halogens is 1. The molecule has 2 aromatic rings. The predicted molar refractivity (Wildman–Crippen MR) is 98.3 cm³/mol. The van der Waals surface area contributed by atoms with E-state index >= 15 is 0 Å². The number of hydrogen-bond acceptors (Lipinski definition) is 3. The van der Waals surface area contributed by atoms with Gasteiger partial charge in [-0.2, -0.15) is 5.10 Å². The molecule has 1 aliphatic carbocycles. The molecule has 0 saturated heterocycles. The fourth-order valence-electron chi connectivity index (χ4n) is 3.17. The highest BCUT2D eigenvalue weighted by molar-refractivity contribution is 9.10. The van der Waals surface area contributed by atoms with E-state index in [4.69, 9.17) is 9.84 Å². The number of ether oxygens (including phenoxy) is 1. The normalized spacial score (nSPS) is 17.8. The molecule has 128 valence electrons. The van der Waals surface area contributed by atoms with Crippen LogP contribution in [0.4, 0.5) is 0 Å². The van der Waals surface area contributed by atoms with Crippen LogP contribution in [0.1, 0.15) is 38.1 Å². The van der Waals surface area contributed by atoms with Gasteiger partial charge in [0.25, 0.3) is 0 Å². The van der Waals surface area contributed by atoms with Crippen molar-refractivity contribution in [2.24, 2.45) is 0 Å². The second-order valence-electron chi connectivity index (χ2n) is 6.13. The number of aromatic nitrogens is 2. The molecule has 1 heterocycles. The van der Waals surface area contributed by atoms with E-state index in [1.807, 2.05) is 6.07 Å². The van der Waals surface area contributed by atoms with Crippen molar-refractivity contribution in [3.05, 3.63) is 34.5 Å². The fourth-order valence-corrected chi connectivity index (χ4v) is 3.69. The number of nitrogens with zero attached hydrogens (tertiary/aromatic N) is 2. The van der Waals surface area contributed by atoms with Crippen molar-refractivity contribution in [3.8, 4) is 5.75 Å². The third-order valence-corrected chi connectivity index (χ3v) is 5.24. The summed E-state index contributed by atoms with van der Waals surface area (Å²) < 4.78 is 8.37. The van der Waals surface area contributed by atoms with Crippen molar-refractivity contribution in [1.82, 2.24) is 15.1 Å². The first-order valence-electron chi connectivity index (χ1n) is 8.21. The quantitative estimate of drug-likeness (QED) is 0.801. The van der Waals surface area contributed by atoms with E-state index in [1.165, 1.54) is 5.57 Å². The number of rotatable bonds is 4. The predicted octanol–water partition coefficient (Wildman–Crippen LogP) is 3.99. The van der Waals surface area contributed by atoms with Crippen LogP contribution in [0.2, 0.25) is 0 Å². The van der Waals surface area contributed by atoms with Gasteiger partial charge in [-0.15, -0.1) is 0 Å². The fraction of sp³-hybridized carbons (Fsp3) is 0.444. The second kappa shape index (κ2) is 7.38. The number of carbonyl (C=O) groups is 1. The number of carbonyl (C=O) groups excluding carboxylic acids is 1. The first-order chi connectivity index (χ1) is 11.6. The molecule has 1 aromatic carbocycles. The first-order valence-corrected chi connectivity index (χ1v) is 9.01. The van der Waals surface area contributed by atoms with E-state index in [2.05, 4.69) is 44.3 Å². The van der Waals surface area contributed by atoms with Crippen LogP contribution in [0.3, 0.4) is 0 Å². The molecule has 0 radical (unpaired) electrons. The maximum absolute atomic E-state index is 11.3. The lowest BCUT2D eigenvalue weighted by atomic mass is 9.90. The molecule has 5 nitrogen and oxygen atoms in total. The summed E-state index contributed by atoms with van der Waals surface area (Å²) in [6, 6.07) is 4.43. The molecule has 1 N–H and O–H groups in total. The van der Waals surface area contributed by atoms with E-state index in [1.54, 1.807) is 14.2 Å². The van der Waals surface area contributed by atoms with Crippen LogP contribution < -0.4 is 10.1 Å². The number of hydrogen-bond donors (Lipinski definition) is 1. The maximum atomic E-state index is 11.3. The number of fused-ring (bicyclic) bond motifs is 1. The molecule has 3 rings (SSSR count). The molecule has 0 spiro atoms. The van der Waals surface area contributed by atoms with Gasteiger partial charge in [0, 0.05) is 31.1 Å². The number of amides is 1. The van der Waals surface area contributed by atoms with E-state index in [0.717, 1.165) is 46.8 Å².